The molecule has 0 saturated carbocycles. The summed E-state index contributed by atoms with van der Waals surface area (Å²) in [6, 6.07) is 3.76. The third-order valence-corrected chi connectivity index (χ3v) is 4.57. The molecule has 1 heterocycles. The Morgan fingerprint density at radius 3 is 2.65 bits per heavy atom. The summed E-state index contributed by atoms with van der Waals surface area (Å²) in [5.41, 5.74) is 1.05. The van der Waals surface area contributed by atoms with Gasteiger partial charge in [0.25, 0.3) is 0 Å². The molecule has 0 radical (unpaired) electrons. The fourth-order valence-electron chi connectivity index (χ4n) is 1.74. The SMILES string of the molecule is CCNC(Cc1cccnc1)C(C)S(C)(=O)=O. The summed E-state index contributed by atoms with van der Waals surface area (Å²) in [5, 5.41) is 2.83. The van der Waals surface area contributed by atoms with E-state index in [1.54, 1.807) is 19.3 Å². The summed E-state index contributed by atoms with van der Waals surface area (Å²) in [6.07, 6.45) is 5.45. The number of sulfone groups is 1. The van der Waals surface area contributed by atoms with Gasteiger partial charge in [0.05, 0.1) is 5.25 Å². The van der Waals surface area contributed by atoms with Gasteiger partial charge in [-0.25, -0.2) is 8.42 Å². The van der Waals surface area contributed by atoms with Crippen molar-refractivity contribution in [1.82, 2.24) is 10.3 Å². The molecule has 0 amide bonds. The van der Waals surface area contributed by atoms with Crippen molar-refractivity contribution < 1.29 is 8.42 Å². The maximum absolute atomic E-state index is 11.6. The summed E-state index contributed by atoms with van der Waals surface area (Å²) in [5.74, 6) is 0. The zero-order valence-corrected chi connectivity index (χ0v) is 11.4. The van der Waals surface area contributed by atoms with Gasteiger partial charge in [-0.1, -0.05) is 13.0 Å². The van der Waals surface area contributed by atoms with E-state index in [0.717, 1.165) is 12.1 Å². The van der Waals surface area contributed by atoms with Crippen molar-refractivity contribution in [3.05, 3.63) is 30.1 Å². The van der Waals surface area contributed by atoms with Gasteiger partial charge >= 0.3 is 0 Å². The van der Waals surface area contributed by atoms with Gasteiger partial charge in [0.15, 0.2) is 9.84 Å². The Balaban J connectivity index is 2.80. The van der Waals surface area contributed by atoms with Crippen molar-refractivity contribution in [3.63, 3.8) is 0 Å². The Labute approximate surface area is 103 Å². The number of aromatic nitrogens is 1. The molecule has 0 spiro atoms. The maximum atomic E-state index is 11.6. The number of hydrogen-bond donors (Lipinski definition) is 1. The van der Waals surface area contributed by atoms with E-state index in [1.807, 2.05) is 19.1 Å². The van der Waals surface area contributed by atoms with Crippen LogP contribution >= 0.6 is 0 Å². The minimum atomic E-state index is -3.03. The van der Waals surface area contributed by atoms with Crippen molar-refractivity contribution in [1.29, 1.82) is 0 Å². The van der Waals surface area contributed by atoms with Crippen LogP contribution in [0, 0.1) is 0 Å². The van der Waals surface area contributed by atoms with Gasteiger partial charge in [-0.05, 0) is 31.5 Å². The number of nitrogens with one attached hydrogen (secondary N) is 1. The highest BCUT2D eigenvalue weighted by Crippen LogP contribution is 2.10. The van der Waals surface area contributed by atoms with E-state index in [2.05, 4.69) is 10.3 Å². The van der Waals surface area contributed by atoms with E-state index >= 15 is 0 Å². The molecule has 0 aromatic carbocycles. The van der Waals surface area contributed by atoms with Crippen LogP contribution in [0.1, 0.15) is 19.4 Å². The average molecular weight is 256 g/mol. The molecule has 1 aromatic rings. The average Bonchev–Trinajstić information content (AvgIpc) is 2.28. The second-order valence-electron chi connectivity index (χ2n) is 4.26. The quantitative estimate of drug-likeness (QED) is 0.826. The van der Waals surface area contributed by atoms with E-state index in [9.17, 15) is 8.42 Å². The molecule has 4 nitrogen and oxygen atoms in total. The summed E-state index contributed by atoms with van der Waals surface area (Å²) in [6.45, 7) is 4.48. The van der Waals surface area contributed by atoms with Crippen LogP contribution in [0.15, 0.2) is 24.5 Å². The van der Waals surface area contributed by atoms with Crippen LogP contribution in [-0.4, -0.2) is 37.5 Å². The first-order valence-electron chi connectivity index (χ1n) is 5.76. The first-order chi connectivity index (χ1) is 7.95. The van der Waals surface area contributed by atoms with Crippen molar-refractivity contribution in [2.75, 3.05) is 12.8 Å². The Hall–Kier alpha value is -0.940. The molecule has 0 aliphatic rings. The standard InChI is InChI=1S/C12H20N2O2S/c1-4-14-12(10(2)17(3,15)16)8-11-6-5-7-13-9-11/h5-7,9-10,12,14H,4,8H2,1-3H3. The van der Waals surface area contributed by atoms with Crippen LogP contribution in [0.5, 0.6) is 0 Å². The third kappa shape index (κ3) is 4.44. The van der Waals surface area contributed by atoms with Gasteiger partial charge in [0.1, 0.15) is 0 Å². The molecule has 1 rings (SSSR count). The smallest absolute Gasteiger partial charge is 0.151 e. The highest BCUT2D eigenvalue weighted by molar-refractivity contribution is 7.91. The van der Waals surface area contributed by atoms with E-state index < -0.39 is 15.1 Å². The number of pyridine rings is 1. The first kappa shape index (κ1) is 14.1. The molecular formula is C12H20N2O2S. The molecule has 2 atom stereocenters. The maximum Gasteiger partial charge on any atom is 0.151 e. The molecule has 5 heteroatoms. The zero-order valence-electron chi connectivity index (χ0n) is 10.6. The number of nitrogens with zero attached hydrogens (tertiary/aromatic N) is 1. The predicted octanol–water partition coefficient (Wildman–Crippen LogP) is 1.04. The molecule has 0 aliphatic heterocycles. The summed E-state index contributed by atoms with van der Waals surface area (Å²) >= 11 is 0. The molecule has 2 unspecified atom stereocenters. The van der Waals surface area contributed by atoms with E-state index in [-0.39, 0.29) is 6.04 Å². The van der Waals surface area contributed by atoms with Gasteiger partial charge in [0.2, 0.25) is 0 Å². The van der Waals surface area contributed by atoms with E-state index in [0.29, 0.717) is 6.42 Å². The van der Waals surface area contributed by atoms with E-state index in [4.69, 9.17) is 0 Å². The molecule has 1 aromatic heterocycles. The zero-order chi connectivity index (χ0) is 12.9. The Morgan fingerprint density at radius 2 is 2.18 bits per heavy atom. The number of likely N-dealkylation sites (N-methyl/N-ethyl adjacent to an activating group) is 1. The molecular weight excluding hydrogens is 236 g/mol. The lowest BCUT2D eigenvalue weighted by Gasteiger charge is -2.23. The van der Waals surface area contributed by atoms with Crippen molar-refractivity contribution in [2.45, 2.75) is 31.6 Å². The molecule has 0 saturated heterocycles. The molecule has 0 bridgehead atoms. The van der Waals surface area contributed by atoms with Crippen molar-refractivity contribution >= 4 is 9.84 Å². The van der Waals surface area contributed by atoms with E-state index in [1.165, 1.54) is 6.26 Å². The van der Waals surface area contributed by atoms with Crippen molar-refractivity contribution in [2.24, 2.45) is 0 Å². The van der Waals surface area contributed by atoms with Gasteiger partial charge in [0, 0.05) is 24.7 Å². The minimum absolute atomic E-state index is 0.0702. The van der Waals surface area contributed by atoms with Crippen LogP contribution in [0.25, 0.3) is 0 Å². The normalized spacial score (nSPS) is 15.5. The molecule has 0 aliphatic carbocycles. The van der Waals surface area contributed by atoms with Crippen LogP contribution < -0.4 is 5.32 Å². The molecule has 17 heavy (non-hydrogen) atoms. The van der Waals surface area contributed by atoms with Crippen molar-refractivity contribution in [3.8, 4) is 0 Å². The van der Waals surface area contributed by atoms with Crippen LogP contribution in [0.2, 0.25) is 0 Å². The monoisotopic (exact) mass is 256 g/mol. The van der Waals surface area contributed by atoms with Gasteiger partial charge in [-0.15, -0.1) is 0 Å². The second-order valence-corrected chi connectivity index (χ2v) is 6.67. The number of rotatable bonds is 6. The highest BCUT2D eigenvalue weighted by atomic mass is 32.2. The third-order valence-electron chi connectivity index (χ3n) is 2.89. The van der Waals surface area contributed by atoms with Crippen LogP contribution in [0.3, 0.4) is 0 Å². The Morgan fingerprint density at radius 1 is 1.47 bits per heavy atom. The lowest BCUT2D eigenvalue weighted by Crippen LogP contribution is -2.43. The van der Waals surface area contributed by atoms with Crippen LogP contribution in [0.4, 0.5) is 0 Å². The summed E-state index contributed by atoms with van der Waals surface area (Å²) in [4.78, 5) is 4.04. The molecule has 1 N–H and O–H groups in total. The van der Waals surface area contributed by atoms with Gasteiger partial charge in [-0.2, -0.15) is 0 Å². The lowest BCUT2D eigenvalue weighted by atomic mass is 10.1. The largest absolute Gasteiger partial charge is 0.313 e. The second kappa shape index (κ2) is 6.12. The number of hydrogen-bond acceptors (Lipinski definition) is 4. The molecule has 96 valence electrons. The Kier molecular flexibility index (Phi) is 5.08. The highest BCUT2D eigenvalue weighted by Gasteiger charge is 2.25. The van der Waals surface area contributed by atoms with Crippen LogP contribution in [-0.2, 0) is 16.3 Å². The fraction of sp³-hybridized carbons (Fsp3) is 0.583. The lowest BCUT2D eigenvalue weighted by molar-refractivity contribution is 0.493. The predicted molar refractivity (Wildman–Crippen MR) is 69.7 cm³/mol. The first-order valence-corrected chi connectivity index (χ1v) is 7.71. The van der Waals surface area contributed by atoms with Gasteiger partial charge in [-0.3, -0.25) is 4.98 Å². The summed E-state index contributed by atoms with van der Waals surface area (Å²) in [7, 11) is -3.03. The minimum Gasteiger partial charge on any atom is -0.313 e. The molecule has 0 fully saturated rings. The summed E-state index contributed by atoms with van der Waals surface area (Å²) < 4.78 is 23.2. The topological polar surface area (TPSA) is 59.1 Å². The fourth-order valence-corrected chi connectivity index (χ4v) is 2.53. The Bertz CT molecular complexity index is 431. The van der Waals surface area contributed by atoms with Gasteiger partial charge < -0.3 is 5.32 Å².